The number of nitrogens with zero attached hydrogens (tertiary/aromatic N) is 1. The monoisotopic (exact) mass is 296 g/mol. The number of aromatic nitrogens is 1. The molecule has 2 N–H and O–H groups in total. The van der Waals surface area contributed by atoms with Gasteiger partial charge < -0.3 is 14.9 Å². The van der Waals surface area contributed by atoms with Gasteiger partial charge >= 0.3 is 0 Å². The Hall–Kier alpha value is -1.82. The molecule has 88 valence electrons. The molecule has 0 bridgehead atoms. The van der Waals surface area contributed by atoms with Crippen LogP contribution < -0.4 is 5.32 Å². The maximum absolute atomic E-state index is 11.8. The van der Waals surface area contributed by atoms with Crippen LogP contribution in [0.3, 0.4) is 0 Å². The first-order chi connectivity index (χ1) is 8.06. The molecule has 1 aromatic heterocycles. The van der Waals surface area contributed by atoms with Crippen molar-refractivity contribution >= 4 is 27.7 Å². The molecular weight excluding hydrogens is 288 g/mol. The predicted molar refractivity (Wildman–Crippen MR) is 65.0 cm³/mol. The molecule has 1 heterocycles. The van der Waals surface area contributed by atoms with Crippen LogP contribution in [0.15, 0.2) is 33.3 Å². The lowest BCUT2D eigenvalue weighted by molar-refractivity contribution is 0.102. The Morgan fingerprint density at radius 3 is 2.82 bits per heavy atom. The summed E-state index contributed by atoms with van der Waals surface area (Å²) in [5.74, 6) is 0.601. The van der Waals surface area contributed by atoms with E-state index in [9.17, 15) is 9.90 Å². The minimum atomic E-state index is -0.360. The molecule has 0 radical (unpaired) electrons. The SMILES string of the molecule is Cc1cc(NC(=O)c2ccc(Br)c(O)c2)no1. The van der Waals surface area contributed by atoms with Crippen LogP contribution in [0, 0.1) is 6.92 Å². The van der Waals surface area contributed by atoms with Crippen molar-refractivity contribution in [2.45, 2.75) is 6.92 Å². The number of aryl methyl sites for hydroxylation is 1. The summed E-state index contributed by atoms with van der Waals surface area (Å²) in [5, 5.41) is 15.7. The third-order valence-corrected chi connectivity index (χ3v) is 2.75. The number of phenols is 1. The van der Waals surface area contributed by atoms with Gasteiger partial charge in [0.15, 0.2) is 5.82 Å². The molecule has 0 aliphatic heterocycles. The van der Waals surface area contributed by atoms with Gasteiger partial charge in [0.2, 0.25) is 0 Å². The van der Waals surface area contributed by atoms with E-state index >= 15 is 0 Å². The van der Waals surface area contributed by atoms with Gasteiger partial charge in [0.1, 0.15) is 11.5 Å². The molecule has 0 atom stereocenters. The number of rotatable bonds is 2. The Bertz CT molecular complexity index is 566. The van der Waals surface area contributed by atoms with E-state index in [4.69, 9.17) is 4.52 Å². The lowest BCUT2D eigenvalue weighted by Crippen LogP contribution is -2.11. The van der Waals surface area contributed by atoms with Gasteiger partial charge in [-0.1, -0.05) is 5.16 Å². The summed E-state index contributed by atoms with van der Waals surface area (Å²) >= 11 is 3.14. The first-order valence-corrected chi connectivity index (χ1v) is 5.59. The van der Waals surface area contributed by atoms with Crippen molar-refractivity contribution in [2.75, 3.05) is 5.32 Å². The van der Waals surface area contributed by atoms with Crippen molar-refractivity contribution in [2.24, 2.45) is 0 Å². The summed E-state index contributed by atoms with van der Waals surface area (Å²) < 4.78 is 5.36. The number of nitrogens with one attached hydrogen (secondary N) is 1. The highest BCUT2D eigenvalue weighted by atomic mass is 79.9. The zero-order valence-electron chi connectivity index (χ0n) is 8.90. The van der Waals surface area contributed by atoms with Crippen molar-refractivity contribution in [3.05, 3.63) is 40.1 Å². The summed E-state index contributed by atoms with van der Waals surface area (Å²) in [5.41, 5.74) is 0.339. The summed E-state index contributed by atoms with van der Waals surface area (Å²) in [6, 6.07) is 6.16. The highest BCUT2D eigenvalue weighted by Gasteiger charge is 2.10. The largest absolute Gasteiger partial charge is 0.507 e. The number of phenolic OH excluding ortho intramolecular Hbond substituents is 1. The normalized spacial score (nSPS) is 10.2. The third kappa shape index (κ3) is 2.65. The van der Waals surface area contributed by atoms with E-state index in [1.807, 2.05) is 0 Å². The van der Waals surface area contributed by atoms with Gasteiger partial charge in [-0.05, 0) is 41.1 Å². The molecule has 1 aromatic carbocycles. The molecule has 1 amide bonds. The fourth-order valence-corrected chi connectivity index (χ4v) is 1.51. The van der Waals surface area contributed by atoms with Crippen LogP contribution in [0.4, 0.5) is 5.82 Å². The van der Waals surface area contributed by atoms with Crippen LogP contribution in [0.1, 0.15) is 16.1 Å². The second-order valence-corrected chi connectivity index (χ2v) is 4.30. The van der Waals surface area contributed by atoms with Crippen LogP contribution in [0.25, 0.3) is 0 Å². The molecule has 0 aliphatic carbocycles. The van der Waals surface area contributed by atoms with Gasteiger partial charge in [0, 0.05) is 11.6 Å². The fraction of sp³-hybridized carbons (Fsp3) is 0.0909. The number of aromatic hydroxyl groups is 1. The summed E-state index contributed by atoms with van der Waals surface area (Å²) in [4.78, 5) is 11.8. The van der Waals surface area contributed by atoms with E-state index in [2.05, 4.69) is 26.4 Å². The average molecular weight is 297 g/mol. The Morgan fingerprint density at radius 2 is 2.24 bits per heavy atom. The fourth-order valence-electron chi connectivity index (χ4n) is 1.27. The van der Waals surface area contributed by atoms with Crippen molar-refractivity contribution in [1.29, 1.82) is 0 Å². The Kier molecular flexibility index (Phi) is 3.14. The van der Waals surface area contributed by atoms with E-state index in [1.54, 1.807) is 25.1 Å². The molecule has 2 rings (SSSR count). The van der Waals surface area contributed by atoms with Gasteiger partial charge in [0.25, 0.3) is 5.91 Å². The minimum absolute atomic E-state index is 0.00832. The molecule has 0 fully saturated rings. The molecule has 2 aromatic rings. The molecule has 0 unspecified atom stereocenters. The lowest BCUT2D eigenvalue weighted by Gasteiger charge is -2.02. The van der Waals surface area contributed by atoms with Crippen LogP contribution in [0.5, 0.6) is 5.75 Å². The molecule has 0 saturated carbocycles. The number of carbonyl (C=O) groups is 1. The van der Waals surface area contributed by atoms with Gasteiger partial charge in [-0.2, -0.15) is 0 Å². The van der Waals surface area contributed by atoms with E-state index in [0.29, 0.717) is 21.6 Å². The Labute approximate surface area is 106 Å². The highest BCUT2D eigenvalue weighted by Crippen LogP contribution is 2.24. The number of amides is 1. The molecule has 0 aliphatic rings. The molecule has 0 saturated heterocycles. The van der Waals surface area contributed by atoms with Gasteiger partial charge in [-0.15, -0.1) is 0 Å². The number of hydrogen-bond donors (Lipinski definition) is 2. The van der Waals surface area contributed by atoms with Crippen LogP contribution in [-0.4, -0.2) is 16.2 Å². The third-order valence-electron chi connectivity index (χ3n) is 2.08. The smallest absolute Gasteiger partial charge is 0.257 e. The van der Waals surface area contributed by atoms with Gasteiger partial charge in [-0.3, -0.25) is 4.79 Å². The Morgan fingerprint density at radius 1 is 1.47 bits per heavy atom. The lowest BCUT2D eigenvalue weighted by atomic mass is 10.2. The number of carbonyl (C=O) groups excluding carboxylic acids is 1. The van der Waals surface area contributed by atoms with E-state index in [-0.39, 0.29) is 11.7 Å². The van der Waals surface area contributed by atoms with Crippen molar-refractivity contribution < 1.29 is 14.4 Å². The van der Waals surface area contributed by atoms with Crippen molar-refractivity contribution in [1.82, 2.24) is 5.16 Å². The first kappa shape index (κ1) is 11.7. The van der Waals surface area contributed by atoms with Crippen LogP contribution >= 0.6 is 15.9 Å². The van der Waals surface area contributed by atoms with E-state index < -0.39 is 0 Å². The van der Waals surface area contributed by atoms with Crippen molar-refractivity contribution in [3.8, 4) is 5.75 Å². The zero-order valence-corrected chi connectivity index (χ0v) is 10.5. The standard InChI is InChI=1S/C11H9BrN2O3/c1-6-4-10(14-17-6)13-11(16)7-2-3-8(12)9(15)5-7/h2-5,15H,1H3,(H,13,14,16). The second-order valence-electron chi connectivity index (χ2n) is 3.44. The number of anilines is 1. The molecule has 17 heavy (non-hydrogen) atoms. The zero-order chi connectivity index (χ0) is 12.4. The number of halogens is 1. The topological polar surface area (TPSA) is 75.4 Å². The average Bonchev–Trinajstić information content (AvgIpc) is 2.68. The van der Waals surface area contributed by atoms with Crippen LogP contribution in [0.2, 0.25) is 0 Å². The molecule has 0 spiro atoms. The molecule has 6 heteroatoms. The summed E-state index contributed by atoms with van der Waals surface area (Å²) in [6.45, 7) is 1.73. The quantitative estimate of drug-likeness (QED) is 0.893. The van der Waals surface area contributed by atoms with Crippen LogP contribution in [-0.2, 0) is 0 Å². The Balaban J connectivity index is 2.17. The van der Waals surface area contributed by atoms with Crippen molar-refractivity contribution in [3.63, 3.8) is 0 Å². The van der Waals surface area contributed by atoms with E-state index in [0.717, 1.165) is 0 Å². The minimum Gasteiger partial charge on any atom is -0.507 e. The predicted octanol–water partition coefficient (Wildman–Crippen LogP) is 2.70. The molecular formula is C11H9BrN2O3. The number of hydrogen-bond acceptors (Lipinski definition) is 4. The summed E-state index contributed by atoms with van der Waals surface area (Å²) in [6.07, 6.45) is 0. The maximum atomic E-state index is 11.8. The second kappa shape index (κ2) is 4.58. The maximum Gasteiger partial charge on any atom is 0.257 e. The summed E-state index contributed by atoms with van der Waals surface area (Å²) in [7, 11) is 0. The highest BCUT2D eigenvalue weighted by molar-refractivity contribution is 9.10. The first-order valence-electron chi connectivity index (χ1n) is 4.79. The van der Waals surface area contributed by atoms with Gasteiger partial charge in [-0.25, -0.2) is 0 Å². The van der Waals surface area contributed by atoms with E-state index in [1.165, 1.54) is 6.07 Å². The number of benzene rings is 1. The van der Waals surface area contributed by atoms with Gasteiger partial charge in [0.05, 0.1) is 4.47 Å². The molecule has 5 nitrogen and oxygen atoms in total.